The molecule has 0 saturated carbocycles. The Morgan fingerprint density at radius 1 is 0.644 bits per heavy atom. The average molecular weight is 861 g/mol. The number of carbonyl (C=O) groups excluding carboxylic acids is 3. The summed E-state index contributed by atoms with van der Waals surface area (Å²) in [5.74, 6) is -5.97. The molecule has 11 nitrogen and oxygen atoms in total. The van der Waals surface area contributed by atoms with Crippen LogP contribution in [0.25, 0.3) is 20.4 Å². The molecule has 2 heterocycles. The summed E-state index contributed by atoms with van der Waals surface area (Å²) in [5, 5.41) is 2.59. The van der Waals surface area contributed by atoms with Gasteiger partial charge in [0.05, 0.1) is 36.3 Å². The molecule has 0 saturated heterocycles. The average Bonchev–Trinajstić information content (AvgIpc) is 3.88. The Kier molecular flexibility index (Phi) is 11.9. The lowest BCUT2D eigenvalue weighted by atomic mass is 10.0. The van der Waals surface area contributed by atoms with E-state index in [2.05, 4.69) is 20.0 Å². The zero-order valence-corrected chi connectivity index (χ0v) is 33.5. The zero-order valence-electron chi connectivity index (χ0n) is 31.0. The molecule has 7 rings (SSSR count). The SMILES string of the molecule is CN(C(=O)[C@H](Cc1cc(F)cc(F)c1)NC(=O)c1cccc(S(=O)(=O)N[C@@H](Cc2cc(F)cc(F)c2)C(=O)N(C)c2ccc3scnc3c2)c1)c1ccc2scnc2c1. The van der Waals surface area contributed by atoms with Crippen LogP contribution in [0.5, 0.6) is 0 Å². The molecule has 2 N–H and O–H groups in total. The van der Waals surface area contributed by atoms with Crippen molar-refractivity contribution in [3.8, 4) is 0 Å². The molecule has 0 fully saturated rings. The van der Waals surface area contributed by atoms with E-state index in [1.165, 1.54) is 64.8 Å². The van der Waals surface area contributed by atoms with Crippen LogP contribution in [0.2, 0.25) is 0 Å². The molecular weight excluding hydrogens is 829 g/mol. The number of thiazole rings is 2. The van der Waals surface area contributed by atoms with Crippen molar-refractivity contribution in [3.05, 3.63) is 148 Å². The minimum atomic E-state index is -4.65. The van der Waals surface area contributed by atoms with Gasteiger partial charge in [0.15, 0.2) is 0 Å². The molecular formula is C41H32F4N6O5S3. The standard InChI is InChI=1S/C41H32F4N6O5S3/c1-50(30-6-8-37-33(19-30)46-21-57-37)40(53)35(14-23-10-26(42)17-27(43)11-23)48-39(52)25-4-3-5-32(16-25)59(55,56)49-36(15-24-12-28(44)18-29(45)13-24)41(54)51(2)31-7-9-38-34(20-31)47-22-58-38/h3-13,16-22,35-36,49H,14-15H2,1-2H3,(H,48,52)/t35-,36-/m0/s1. The number of halogens is 4. The summed E-state index contributed by atoms with van der Waals surface area (Å²) in [7, 11) is -1.77. The lowest BCUT2D eigenvalue weighted by Crippen LogP contribution is -2.49. The van der Waals surface area contributed by atoms with E-state index in [1.54, 1.807) is 47.4 Å². The highest BCUT2D eigenvalue weighted by atomic mass is 32.2. The smallest absolute Gasteiger partial charge is 0.251 e. The number of amides is 3. The van der Waals surface area contributed by atoms with Crippen LogP contribution in [0, 0.1) is 23.3 Å². The van der Waals surface area contributed by atoms with Gasteiger partial charge in [0.1, 0.15) is 35.4 Å². The maximum Gasteiger partial charge on any atom is 0.251 e. The third-order valence-electron chi connectivity index (χ3n) is 9.39. The Labute approximate surface area is 343 Å². The van der Waals surface area contributed by atoms with E-state index in [-0.39, 0.29) is 23.1 Å². The maximum absolute atomic E-state index is 14.2. The van der Waals surface area contributed by atoms with E-state index in [9.17, 15) is 40.4 Å². The first-order valence-corrected chi connectivity index (χ1v) is 20.9. The number of carbonyl (C=O) groups is 3. The van der Waals surface area contributed by atoms with Gasteiger partial charge in [-0.15, -0.1) is 22.7 Å². The van der Waals surface area contributed by atoms with Crippen molar-refractivity contribution in [1.82, 2.24) is 20.0 Å². The molecule has 18 heteroatoms. The molecule has 0 bridgehead atoms. The molecule has 2 atom stereocenters. The normalized spacial score (nSPS) is 12.6. The minimum absolute atomic E-state index is 0.00890. The van der Waals surface area contributed by atoms with Crippen LogP contribution in [0.15, 0.2) is 113 Å². The number of nitrogens with one attached hydrogen (secondary N) is 2. The Morgan fingerprint density at radius 3 is 1.63 bits per heavy atom. The quantitative estimate of drug-likeness (QED) is 0.119. The highest BCUT2D eigenvalue weighted by Crippen LogP contribution is 2.26. The third kappa shape index (κ3) is 9.46. The summed E-state index contributed by atoms with van der Waals surface area (Å²) in [6.07, 6.45) is -0.793. The van der Waals surface area contributed by atoms with Gasteiger partial charge in [-0.1, -0.05) is 6.07 Å². The summed E-state index contributed by atoms with van der Waals surface area (Å²) >= 11 is 2.79. The Bertz CT molecular complexity index is 2810. The number of anilines is 2. The molecule has 302 valence electrons. The number of fused-ring (bicyclic) bond motifs is 2. The van der Waals surface area contributed by atoms with E-state index >= 15 is 0 Å². The van der Waals surface area contributed by atoms with Crippen molar-refractivity contribution in [2.24, 2.45) is 0 Å². The molecule has 2 aromatic heterocycles. The summed E-state index contributed by atoms with van der Waals surface area (Å²) in [4.78, 5) is 52.4. The lowest BCUT2D eigenvalue weighted by molar-refractivity contribution is -0.120. The predicted molar refractivity (Wildman–Crippen MR) is 218 cm³/mol. The first-order chi connectivity index (χ1) is 28.1. The molecule has 0 aliphatic carbocycles. The number of benzene rings is 5. The van der Waals surface area contributed by atoms with Gasteiger partial charge >= 0.3 is 0 Å². The van der Waals surface area contributed by atoms with Gasteiger partial charge in [-0.25, -0.2) is 35.9 Å². The Hall–Kier alpha value is -6.08. The molecule has 0 spiro atoms. The molecule has 0 unspecified atom stereocenters. The Morgan fingerprint density at radius 2 is 1.12 bits per heavy atom. The zero-order chi connectivity index (χ0) is 42.0. The van der Waals surface area contributed by atoms with Crippen LogP contribution in [0.1, 0.15) is 21.5 Å². The summed E-state index contributed by atoms with van der Waals surface area (Å²) in [6.45, 7) is 0. The molecule has 0 aliphatic heterocycles. The number of sulfonamides is 1. The first-order valence-electron chi connectivity index (χ1n) is 17.7. The van der Waals surface area contributed by atoms with Crippen LogP contribution < -0.4 is 19.8 Å². The highest BCUT2D eigenvalue weighted by Gasteiger charge is 2.31. The van der Waals surface area contributed by atoms with Crippen LogP contribution in [-0.4, -0.2) is 62.3 Å². The van der Waals surface area contributed by atoms with Gasteiger partial charge in [0.2, 0.25) is 21.8 Å². The van der Waals surface area contributed by atoms with Crippen LogP contribution in [0.3, 0.4) is 0 Å². The van der Waals surface area contributed by atoms with Crippen LogP contribution >= 0.6 is 22.7 Å². The third-order valence-corrected chi connectivity index (χ3v) is 12.5. The van der Waals surface area contributed by atoms with Crippen LogP contribution in [-0.2, 0) is 32.5 Å². The van der Waals surface area contributed by atoms with Gasteiger partial charge in [-0.05, 0) is 96.4 Å². The monoisotopic (exact) mass is 860 g/mol. The topological polar surface area (TPSA) is 142 Å². The Balaban J connectivity index is 1.16. The fourth-order valence-electron chi connectivity index (χ4n) is 6.44. The fraction of sp³-hybridized carbons (Fsp3) is 0.146. The molecule has 3 amide bonds. The van der Waals surface area contributed by atoms with E-state index < -0.39 is 74.4 Å². The van der Waals surface area contributed by atoms with Gasteiger partial charge < -0.3 is 15.1 Å². The summed E-state index contributed by atoms with van der Waals surface area (Å²) in [6, 6.07) is 17.2. The maximum atomic E-state index is 14.2. The molecule has 0 radical (unpaired) electrons. The number of hydrogen-bond donors (Lipinski definition) is 2. The fourth-order valence-corrected chi connectivity index (χ4v) is 8.99. The van der Waals surface area contributed by atoms with E-state index in [0.717, 1.165) is 39.7 Å². The number of aromatic nitrogens is 2. The van der Waals surface area contributed by atoms with E-state index in [0.29, 0.717) is 34.5 Å². The number of hydrogen-bond acceptors (Lipinski definition) is 9. The number of likely N-dealkylation sites (N-methyl/N-ethyl adjacent to an activating group) is 2. The second kappa shape index (κ2) is 17.0. The molecule has 59 heavy (non-hydrogen) atoms. The van der Waals surface area contributed by atoms with E-state index in [1.807, 2.05) is 0 Å². The van der Waals surface area contributed by atoms with Crippen molar-refractivity contribution in [3.63, 3.8) is 0 Å². The minimum Gasteiger partial charge on any atom is -0.340 e. The van der Waals surface area contributed by atoms with Gasteiger partial charge in [-0.2, -0.15) is 4.72 Å². The van der Waals surface area contributed by atoms with Crippen molar-refractivity contribution in [2.75, 3.05) is 23.9 Å². The molecule has 7 aromatic rings. The van der Waals surface area contributed by atoms with Gasteiger partial charge in [0, 0.05) is 49.6 Å². The lowest BCUT2D eigenvalue weighted by Gasteiger charge is -2.25. The van der Waals surface area contributed by atoms with Gasteiger partial charge in [-0.3, -0.25) is 14.4 Å². The van der Waals surface area contributed by atoms with Crippen LogP contribution in [0.4, 0.5) is 28.9 Å². The number of nitrogens with zero attached hydrogens (tertiary/aromatic N) is 4. The van der Waals surface area contributed by atoms with Crippen molar-refractivity contribution >= 4 is 82.2 Å². The van der Waals surface area contributed by atoms with E-state index in [4.69, 9.17) is 0 Å². The molecule has 0 aliphatic rings. The highest BCUT2D eigenvalue weighted by molar-refractivity contribution is 7.89. The second-order valence-electron chi connectivity index (χ2n) is 13.5. The largest absolute Gasteiger partial charge is 0.340 e. The molecule has 5 aromatic carbocycles. The summed E-state index contributed by atoms with van der Waals surface area (Å²) < 4.78 is 89.0. The first kappa shape index (κ1) is 41.1. The van der Waals surface area contributed by atoms with Gasteiger partial charge in [0.25, 0.3) is 5.91 Å². The summed E-state index contributed by atoms with van der Waals surface area (Å²) in [5.41, 5.74) is 5.15. The second-order valence-corrected chi connectivity index (χ2v) is 17.0. The number of rotatable bonds is 13. The predicted octanol–water partition coefficient (Wildman–Crippen LogP) is 7.02. The van der Waals surface area contributed by atoms with Crippen molar-refractivity contribution in [2.45, 2.75) is 29.8 Å². The van der Waals surface area contributed by atoms with Crippen molar-refractivity contribution in [1.29, 1.82) is 0 Å². The van der Waals surface area contributed by atoms with Crippen molar-refractivity contribution < 1.29 is 40.4 Å².